The summed E-state index contributed by atoms with van der Waals surface area (Å²) >= 11 is 0. The predicted octanol–water partition coefficient (Wildman–Crippen LogP) is 2.88. The molecule has 1 saturated carbocycles. The quantitative estimate of drug-likeness (QED) is 0.879. The Morgan fingerprint density at radius 3 is 2.82 bits per heavy atom. The first-order chi connectivity index (χ1) is 13.5. The first-order valence-corrected chi connectivity index (χ1v) is 10.0. The SMILES string of the molecule is CN1CCC(CNC(=O)c2nn(-c3ccc(F)cc3F)c3c2C[C@H]2C[C@@H]32)CC1. The van der Waals surface area contributed by atoms with Crippen molar-refractivity contribution in [3.63, 3.8) is 0 Å². The van der Waals surface area contributed by atoms with Crippen LogP contribution in [0.5, 0.6) is 0 Å². The number of fused-ring (bicyclic) bond motifs is 3. The summed E-state index contributed by atoms with van der Waals surface area (Å²) in [6, 6.07) is 3.49. The molecule has 28 heavy (non-hydrogen) atoms. The highest BCUT2D eigenvalue weighted by molar-refractivity contribution is 5.94. The lowest BCUT2D eigenvalue weighted by Gasteiger charge is -2.28. The molecule has 0 radical (unpaired) electrons. The molecule has 1 aliphatic heterocycles. The lowest BCUT2D eigenvalue weighted by Crippen LogP contribution is -2.37. The predicted molar refractivity (Wildman–Crippen MR) is 101 cm³/mol. The van der Waals surface area contributed by atoms with Gasteiger partial charge in [0.25, 0.3) is 5.91 Å². The van der Waals surface area contributed by atoms with Crippen LogP contribution in [-0.2, 0) is 6.42 Å². The van der Waals surface area contributed by atoms with Crippen LogP contribution in [0.2, 0.25) is 0 Å². The Bertz CT molecular complexity index is 933. The van der Waals surface area contributed by atoms with Gasteiger partial charge in [0.2, 0.25) is 0 Å². The number of halogens is 2. The van der Waals surface area contributed by atoms with Gasteiger partial charge in [-0.1, -0.05) is 0 Å². The number of amides is 1. The second kappa shape index (κ2) is 6.65. The normalized spacial score (nSPS) is 24.1. The van der Waals surface area contributed by atoms with Gasteiger partial charge in [0, 0.05) is 24.1 Å². The summed E-state index contributed by atoms with van der Waals surface area (Å²) in [5, 5.41) is 7.52. The number of likely N-dealkylation sites (tertiary alicyclic amines) is 1. The standard InChI is InChI=1S/C21H24F2N4O/c1-26-6-4-12(5-7-26)11-24-21(28)19-16-9-13-8-15(13)20(16)27(25-19)18-3-2-14(22)10-17(18)23/h2-3,10,12-13,15H,4-9,11H2,1H3,(H,24,28)/t13-,15-/m1/s1. The number of nitrogens with one attached hydrogen (secondary N) is 1. The molecular weight excluding hydrogens is 362 g/mol. The number of benzene rings is 1. The molecule has 1 aromatic heterocycles. The third kappa shape index (κ3) is 3.02. The molecule has 2 aliphatic carbocycles. The van der Waals surface area contributed by atoms with E-state index in [0.717, 1.165) is 56.1 Å². The van der Waals surface area contributed by atoms with Crippen molar-refractivity contribution < 1.29 is 13.6 Å². The molecule has 0 unspecified atom stereocenters. The summed E-state index contributed by atoms with van der Waals surface area (Å²) < 4.78 is 29.2. The Balaban J connectivity index is 1.40. The first kappa shape index (κ1) is 17.8. The van der Waals surface area contributed by atoms with Gasteiger partial charge in [0.05, 0.1) is 5.69 Å². The van der Waals surface area contributed by atoms with E-state index in [2.05, 4.69) is 22.4 Å². The van der Waals surface area contributed by atoms with Crippen LogP contribution >= 0.6 is 0 Å². The molecule has 7 heteroatoms. The van der Waals surface area contributed by atoms with Crippen LogP contribution in [0.3, 0.4) is 0 Å². The fourth-order valence-corrected chi connectivity index (χ4v) is 4.72. The molecule has 0 bridgehead atoms. The molecule has 2 aromatic rings. The van der Waals surface area contributed by atoms with E-state index in [4.69, 9.17) is 0 Å². The second-order valence-corrected chi connectivity index (χ2v) is 8.48. The van der Waals surface area contributed by atoms with E-state index in [0.29, 0.717) is 30.0 Å². The van der Waals surface area contributed by atoms with Crippen LogP contribution in [0.4, 0.5) is 8.78 Å². The maximum Gasteiger partial charge on any atom is 0.272 e. The maximum atomic E-state index is 14.4. The van der Waals surface area contributed by atoms with Crippen molar-refractivity contribution in [2.24, 2.45) is 11.8 Å². The van der Waals surface area contributed by atoms with Gasteiger partial charge in [-0.05, 0) is 69.8 Å². The number of rotatable bonds is 4. The second-order valence-electron chi connectivity index (χ2n) is 8.48. The van der Waals surface area contributed by atoms with Crippen LogP contribution in [0.15, 0.2) is 18.2 Å². The van der Waals surface area contributed by atoms with Crippen LogP contribution in [0.25, 0.3) is 5.69 Å². The van der Waals surface area contributed by atoms with Crippen molar-refractivity contribution in [3.05, 3.63) is 46.8 Å². The van der Waals surface area contributed by atoms with Gasteiger partial charge >= 0.3 is 0 Å². The molecule has 5 rings (SSSR count). The van der Waals surface area contributed by atoms with Gasteiger partial charge < -0.3 is 10.2 Å². The number of piperidine rings is 1. The Labute approximate surface area is 162 Å². The number of aromatic nitrogens is 2. The Morgan fingerprint density at radius 2 is 2.07 bits per heavy atom. The smallest absolute Gasteiger partial charge is 0.272 e. The van der Waals surface area contributed by atoms with Crippen LogP contribution in [0.1, 0.15) is 46.9 Å². The van der Waals surface area contributed by atoms with Crippen LogP contribution < -0.4 is 5.32 Å². The molecule has 3 aliphatic rings. The average molecular weight is 386 g/mol. The largest absolute Gasteiger partial charge is 0.350 e. The highest BCUT2D eigenvalue weighted by atomic mass is 19.1. The van der Waals surface area contributed by atoms with Gasteiger partial charge in [-0.15, -0.1) is 0 Å². The third-order valence-corrected chi connectivity index (χ3v) is 6.51. The highest BCUT2D eigenvalue weighted by Crippen LogP contribution is 2.57. The van der Waals surface area contributed by atoms with Crippen molar-refractivity contribution >= 4 is 5.91 Å². The number of nitrogens with zero attached hydrogens (tertiary/aromatic N) is 3. The Hall–Kier alpha value is -2.28. The molecule has 0 spiro atoms. The van der Waals surface area contributed by atoms with Gasteiger partial charge in [-0.3, -0.25) is 4.79 Å². The minimum absolute atomic E-state index is 0.183. The summed E-state index contributed by atoms with van der Waals surface area (Å²) in [5.41, 5.74) is 2.48. The minimum Gasteiger partial charge on any atom is -0.350 e. The zero-order valence-electron chi connectivity index (χ0n) is 15.9. The number of carbonyl (C=O) groups is 1. The highest BCUT2D eigenvalue weighted by Gasteiger charge is 2.50. The van der Waals surface area contributed by atoms with Crippen molar-refractivity contribution in [1.82, 2.24) is 20.0 Å². The lowest BCUT2D eigenvalue weighted by atomic mass is 9.97. The first-order valence-electron chi connectivity index (χ1n) is 10.0. The molecule has 2 atom stereocenters. The number of hydrogen-bond donors (Lipinski definition) is 1. The lowest BCUT2D eigenvalue weighted by molar-refractivity contribution is 0.0932. The molecule has 1 amide bonds. The minimum atomic E-state index is -0.660. The molecule has 1 N–H and O–H groups in total. The van der Waals surface area contributed by atoms with E-state index in [-0.39, 0.29) is 11.6 Å². The van der Waals surface area contributed by atoms with E-state index >= 15 is 0 Å². The van der Waals surface area contributed by atoms with E-state index < -0.39 is 11.6 Å². The molecular formula is C21H24F2N4O. The summed E-state index contributed by atoms with van der Waals surface area (Å²) in [6.07, 6.45) is 4.03. The number of hydrogen-bond acceptors (Lipinski definition) is 3. The van der Waals surface area contributed by atoms with Crippen LogP contribution in [0, 0.1) is 23.5 Å². The molecule has 2 heterocycles. The summed E-state index contributed by atoms with van der Waals surface area (Å²) in [5.74, 6) is -0.111. The molecule has 1 saturated heterocycles. The summed E-state index contributed by atoms with van der Waals surface area (Å²) in [6.45, 7) is 2.75. The number of carbonyl (C=O) groups excluding carboxylic acids is 1. The monoisotopic (exact) mass is 386 g/mol. The zero-order chi connectivity index (χ0) is 19.4. The molecule has 1 aromatic carbocycles. The van der Waals surface area contributed by atoms with Crippen molar-refractivity contribution in [2.75, 3.05) is 26.7 Å². The van der Waals surface area contributed by atoms with Crippen LogP contribution in [-0.4, -0.2) is 47.3 Å². The Kier molecular flexibility index (Phi) is 4.23. The van der Waals surface area contributed by atoms with E-state index in [1.807, 2.05) is 0 Å². The van der Waals surface area contributed by atoms with Crippen molar-refractivity contribution in [2.45, 2.75) is 31.6 Å². The van der Waals surface area contributed by atoms with E-state index in [1.165, 1.54) is 16.8 Å². The summed E-state index contributed by atoms with van der Waals surface area (Å²) in [7, 11) is 2.12. The summed E-state index contributed by atoms with van der Waals surface area (Å²) in [4.78, 5) is 15.2. The maximum absolute atomic E-state index is 14.4. The van der Waals surface area contributed by atoms with Gasteiger partial charge in [0.1, 0.15) is 11.5 Å². The average Bonchev–Trinajstić information content (AvgIpc) is 3.17. The Morgan fingerprint density at radius 1 is 1.29 bits per heavy atom. The zero-order valence-corrected chi connectivity index (χ0v) is 15.9. The fraction of sp³-hybridized carbons (Fsp3) is 0.524. The molecule has 5 nitrogen and oxygen atoms in total. The van der Waals surface area contributed by atoms with Gasteiger partial charge in [0.15, 0.2) is 11.5 Å². The van der Waals surface area contributed by atoms with E-state index in [9.17, 15) is 13.6 Å². The van der Waals surface area contributed by atoms with Crippen molar-refractivity contribution in [3.8, 4) is 5.69 Å². The molecule has 148 valence electrons. The topological polar surface area (TPSA) is 50.2 Å². The van der Waals surface area contributed by atoms with E-state index in [1.54, 1.807) is 0 Å². The van der Waals surface area contributed by atoms with Gasteiger partial charge in [-0.2, -0.15) is 5.10 Å². The fourth-order valence-electron chi connectivity index (χ4n) is 4.72. The third-order valence-electron chi connectivity index (χ3n) is 6.51. The van der Waals surface area contributed by atoms with Gasteiger partial charge in [-0.25, -0.2) is 13.5 Å². The van der Waals surface area contributed by atoms with Crippen molar-refractivity contribution in [1.29, 1.82) is 0 Å². The molecule has 2 fully saturated rings.